The average molecular weight is 332 g/mol. The number of para-hydroxylation sites is 1. The first-order valence-electron chi connectivity index (χ1n) is 7.75. The summed E-state index contributed by atoms with van der Waals surface area (Å²) in [6, 6.07) is 13.0. The summed E-state index contributed by atoms with van der Waals surface area (Å²) in [5, 5.41) is 3.28. The predicted molar refractivity (Wildman–Crippen MR) is 95.7 cm³/mol. The summed E-state index contributed by atoms with van der Waals surface area (Å²) < 4.78 is 5.65. The second kappa shape index (κ2) is 7.51. The first-order chi connectivity index (χ1) is 10.9. The molecule has 0 aliphatic heterocycles. The number of amides is 1. The Morgan fingerprint density at radius 1 is 1.00 bits per heavy atom. The van der Waals surface area contributed by atoms with E-state index in [4.69, 9.17) is 16.3 Å². The van der Waals surface area contributed by atoms with Crippen molar-refractivity contribution >= 4 is 23.4 Å². The minimum atomic E-state index is -0.512. The predicted octanol–water partition coefficient (Wildman–Crippen LogP) is 6.20. The van der Waals surface area contributed by atoms with E-state index in [9.17, 15) is 4.79 Å². The molecular weight excluding hydrogens is 310 g/mol. The van der Waals surface area contributed by atoms with Gasteiger partial charge in [-0.15, -0.1) is 0 Å². The third-order valence-electron chi connectivity index (χ3n) is 3.59. The van der Waals surface area contributed by atoms with Gasteiger partial charge >= 0.3 is 6.09 Å². The Morgan fingerprint density at radius 2 is 1.57 bits per heavy atom. The average Bonchev–Trinajstić information content (AvgIpc) is 2.46. The van der Waals surface area contributed by atoms with Crippen LogP contribution in [0.25, 0.3) is 0 Å². The summed E-state index contributed by atoms with van der Waals surface area (Å²) >= 11 is 5.93. The molecule has 3 nitrogen and oxygen atoms in total. The Labute approximate surface area is 142 Å². The lowest BCUT2D eigenvalue weighted by atomic mass is 9.94. The number of halogens is 1. The van der Waals surface area contributed by atoms with Gasteiger partial charge in [0, 0.05) is 10.7 Å². The number of nitrogens with one attached hydrogen (secondary N) is 1. The van der Waals surface area contributed by atoms with Crippen molar-refractivity contribution < 1.29 is 9.53 Å². The maximum Gasteiger partial charge on any atom is 0.417 e. The van der Waals surface area contributed by atoms with Gasteiger partial charge in [0.05, 0.1) is 0 Å². The number of hydrogen-bond donors (Lipinski definition) is 1. The third kappa shape index (κ3) is 4.49. The van der Waals surface area contributed by atoms with Gasteiger partial charge in [-0.2, -0.15) is 0 Å². The van der Waals surface area contributed by atoms with Crippen molar-refractivity contribution in [3.8, 4) is 5.75 Å². The van der Waals surface area contributed by atoms with Gasteiger partial charge in [-0.25, -0.2) is 4.79 Å². The Morgan fingerprint density at radius 3 is 2.09 bits per heavy atom. The van der Waals surface area contributed by atoms with E-state index in [1.807, 2.05) is 18.2 Å². The van der Waals surface area contributed by atoms with Crippen LogP contribution in [-0.4, -0.2) is 6.09 Å². The molecular formula is C19H22ClNO2. The number of carbonyl (C=O) groups is 1. The standard InChI is InChI=1S/C19H22ClNO2/c1-12(2)16-9-6-10-17(13(3)4)18(16)23-19(22)21-15-8-5-7-14(20)11-15/h5-13H,1-4H3,(H,21,22). The van der Waals surface area contributed by atoms with E-state index in [1.54, 1.807) is 24.3 Å². The molecule has 2 aromatic rings. The number of carbonyl (C=O) groups excluding carboxylic acids is 1. The zero-order valence-corrected chi connectivity index (χ0v) is 14.6. The Kier molecular flexibility index (Phi) is 5.67. The van der Waals surface area contributed by atoms with E-state index in [1.165, 1.54) is 0 Å². The lowest BCUT2D eigenvalue weighted by molar-refractivity contribution is 0.214. The molecule has 0 aromatic heterocycles. The molecule has 0 saturated carbocycles. The Balaban J connectivity index is 2.26. The molecule has 0 unspecified atom stereocenters. The fourth-order valence-electron chi connectivity index (χ4n) is 2.40. The number of rotatable bonds is 4. The molecule has 2 aromatic carbocycles. The first kappa shape index (κ1) is 17.4. The summed E-state index contributed by atoms with van der Waals surface area (Å²) in [4.78, 5) is 12.3. The smallest absolute Gasteiger partial charge is 0.409 e. The molecule has 0 aliphatic carbocycles. The minimum Gasteiger partial charge on any atom is -0.409 e. The number of benzene rings is 2. The SMILES string of the molecule is CC(C)c1cccc(C(C)C)c1OC(=O)Nc1cccc(Cl)c1. The highest BCUT2D eigenvalue weighted by atomic mass is 35.5. The molecule has 2 rings (SSSR count). The van der Waals surface area contributed by atoms with E-state index in [0.717, 1.165) is 11.1 Å². The molecule has 122 valence electrons. The molecule has 0 bridgehead atoms. The zero-order chi connectivity index (χ0) is 17.0. The van der Waals surface area contributed by atoms with E-state index >= 15 is 0 Å². The number of anilines is 1. The van der Waals surface area contributed by atoms with Crippen molar-refractivity contribution in [3.63, 3.8) is 0 Å². The van der Waals surface area contributed by atoms with Crippen LogP contribution >= 0.6 is 11.6 Å². The topological polar surface area (TPSA) is 38.3 Å². The van der Waals surface area contributed by atoms with Gasteiger partial charge in [-0.05, 0) is 41.2 Å². The Bertz CT molecular complexity index is 669. The van der Waals surface area contributed by atoms with Crippen molar-refractivity contribution in [3.05, 3.63) is 58.6 Å². The molecule has 0 aliphatic rings. The van der Waals surface area contributed by atoms with Crippen LogP contribution in [0.5, 0.6) is 5.75 Å². The van der Waals surface area contributed by atoms with E-state index < -0.39 is 6.09 Å². The number of ether oxygens (including phenoxy) is 1. The molecule has 23 heavy (non-hydrogen) atoms. The Hall–Kier alpha value is -2.00. The summed E-state index contributed by atoms with van der Waals surface area (Å²) in [5.74, 6) is 1.18. The van der Waals surface area contributed by atoms with Crippen LogP contribution in [0.3, 0.4) is 0 Å². The second-order valence-electron chi connectivity index (χ2n) is 6.10. The van der Waals surface area contributed by atoms with Crippen LogP contribution in [0.1, 0.15) is 50.7 Å². The monoisotopic (exact) mass is 331 g/mol. The molecule has 0 heterocycles. The highest BCUT2D eigenvalue weighted by Gasteiger charge is 2.18. The summed E-state index contributed by atoms with van der Waals surface area (Å²) in [5.41, 5.74) is 2.66. The fraction of sp³-hybridized carbons (Fsp3) is 0.316. The van der Waals surface area contributed by atoms with Crippen molar-refractivity contribution in [1.82, 2.24) is 0 Å². The lowest BCUT2D eigenvalue weighted by Gasteiger charge is -2.19. The summed E-state index contributed by atoms with van der Waals surface area (Å²) in [6.07, 6.45) is -0.512. The van der Waals surface area contributed by atoms with Crippen molar-refractivity contribution in [2.24, 2.45) is 0 Å². The van der Waals surface area contributed by atoms with E-state index in [2.05, 4.69) is 33.0 Å². The van der Waals surface area contributed by atoms with Crippen LogP contribution in [0.4, 0.5) is 10.5 Å². The van der Waals surface area contributed by atoms with E-state index in [-0.39, 0.29) is 11.8 Å². The van der Waals surface area contributed by atoms with Crippen LogP contribution < -0.4 is 10.1 Å². The summed E-state index contributed by atoms with van der Waals surface area (Å²) in [7, 11) is 0. The van der Waals surface area contributed by atoms with Gasteiger partial charge in [0.15, 0.2) is 0 Å². The largest absolute Gasteiger partial charge is 0.417 e. The van der Waals surface area contributed by atoms with Crippen LogP contribution in [0.15, 0.2) is 42.5 Å². The molecule has 1 N–H and O–H groups in total. The van der Waals surface area contributed by atoms with Crippen molar-refractivity contribution in [2.45, 2.75) is 39.5 Å². The second-order valence-corrected chi connectivity index (χ2v) is 6.54. The summed E-state index contributed by atoms with van der Waals surface area (Å²) in [6.45, 7) is 8.34. The first-order valence-corrected chi connectivity index (χ1v) is 8.13. The quantitative estimate of drug-likeness (QED) is 0.724. The van der Waals surface area contributed by atoms with Crippen molar-refractivity contribution in [2.75, 3.05) is 5.32 Å². The molecule has 0 fully saturated rings. The van der Waals surface area contributed by atoms with Crippen LogP contribution in [0.2, 0.25) is 5.02 Å². The minimum absolute atomic E-state index is 0.266. The highest BCUT2D eigenvalue weighted by Crippen LogP contribution is 2.34. The molecule has 1 amide bonds. The zero-order valence-electron chi connectivity index (χ0n) is 13.9. The lowest BCUT2D eigenvalue weighted by Crippen LogP contribution is -2.19. The maximum atomic E-state index is 12.3. The van der Waals surface area contributed by atoms with Crippen LogP contribution in [0, 0.1) is 0 Å². The maximum absolute atomic E-state index is 12.3. The van der Waals surface area contributed by atoms with Gasteiger partial charge in [0.1, 0.15) is 5.75 Å². The van der Waals surface area contributed by atoms with Crippen LogP contribution in [-0.2, 0) is 0 Å². The third-order valence-corrected chi connectivity index (χ3v) is 3.82. The molecule has 4 heteroatoms. The molecule has 0 spiro atoms. The van der Waals surface area contributed by atoms with Crippen molar-refractivity contribution in [1.29, 1.82) is 0 Å². The van der Waals surface area contributed by atoms with Gasteiger partial charge in [-0.3, -0.25) is 5.32 Å². The fourth-order valence-corrected chi connectivity index (χ4v) is 2.59. The van der Waals surface area contributed by atoms with E-state index in [0.29, 0.717) is 16.5 Å². The van der Waals surface area contributed by atoms with Gasteiger partial charge in [0.25, 0.3) is 0 Å². The molecule has 0 saturated heterocycles. The number of hydrogen-bond acceptors (Lipinski definition) is 2. The van der Waals surface area contributed by atoms with Gasteiger partial charge in [-0.1, -0.05) is 63.6 Å². The molecule has 0 atom stereocenters. The molecule has 0 radical (unpaired) electrons. The highest BCUT2D eigenvalue weighted by molar-refractivity contribution is 6.30. The normalized spacial score (nSPS) is 10.9. The van der Waals surface area contributed by atoms with Gasteiger partial charge in [0.2, 0.25) is 0 Å². The van der Waals surface area contributed by atoms with Gasteiger partial charge < -0.3 is 4.74 Å².